The summed E-state index contributed by atoms with van der Waals surface area (Å²) in [6, 6.07) is 5.23. The molecule has 0 radical (unpaired) electrons. The molecule has 0 saturated carbocycles. The summed E-state index contributed by atoms with van der Waals surface area (Å²) in [4.78, 5) is 13.0. The van der Waals surface area contributed by atoms with Crippen LogP contribution in [0.3, 0.4) is 0 Å². The number of hydrogen-bond acceptors (Lipinski definition) is 3. The van der Waals surface area contributed by atoms with Gasteiger partial charge in [0, 0.05) is 17.7 Å². The van der Waals surface area contributed by atoms with E-state index in [1.54, 1.807) is 19.2 Å². The molecule has 0 unspecified atom stereocenters. The number of carbonyl (C=O) groups excluding carboxylic acids is 1. The van der Waals surface area contributed by atoms with Crippen molar-refractivity contribution in [3.05, 3.63) is 29.3 Å². The van der Waals surface area contributed by atoms with Gasteiger partial charge in [-0.1, -0.05) is 18.2 Å². The number of hydrogen-bond donors (Lipinski definition) is 0. The highest BCUT2D eigenvalue weighted by Gasteiger charge is 2.27. The summed E-state index contributed by atoms with van der Waals surface area (Å²) < 4.78 is 22.1. The Bertz CT molecular complexity index is 553. The van der Waals surface area contributed by atoms with Crippen LogP contribution in [0.25, 0.3) is 0 Å². The predicted octanol–water partition coefficient (Wildman–Crippen LogP) is 1.27. The summed E-state index contributed by atoms with van der Waals surface area (Å²) in [6.45, 7) is 0. The molecular weight excluding hydrogens is 250 g/mol. The van der Waals surface area contributed by atoms with E-state index in [0.29, 0.717) is 17.7 Å². The monoisotopic (exact) mass is 259 g/mol. The molecule has 4 nitrogen and oxygen atoms in total. The minimum Gasteiger partial charge on any atom is -0.315 e. The lowest BCUT2D eigenvalue weighted by Crippen LogP contribution is -2.21. The van der Waals surface area contributed by atoms with Gasteiger partial charge in [-0.15, -0.1) is 0 Å². The van der Waals surface area contributed by atoms with E-state index in [0.717, 1.165) is 5.56 Å². The second-order valence-electron chi connectivity index (χ2n) is 3.74. The Kier molecular flexibility index (Phi) is 2.67. The zero-order valence-electron chi connectivity index (χ0n) is 8.60. The van der Waals surface area contributed by atoms with Crippen molar-refractivity contribution in [2.75, 3.05) is 11.9 Å². The molecule has 0 fully saturated rings. The van der Waals surface area contributed by atoms with Crippen LogP contribution in [0.1, 0.15) is 11.1 Å². The summed E-state index contributed by atoms with van der Waals surface area (Å²) in [5.74, 6) is -0.288. The van der Waals surface area contributed by atoms with E-state index in [9.17, 15) is 13.2 Å². The van der Waals surface area contributed by atoms with Gasteiger partial charge in [0.1, 0.15) is 0 Å². The van der Waals surface area contributed by atoms with Gasteiger partial charge in [-0.3, -0.25) is 4.79 Å². The van der Waals surface area contributed by atoms with Crippen molar-refractivity contribution in [1.29, 1.82) is 0 Å². The van der Waals surface area contributed by atoms with E-state index in [-0.39, 0.29) is 11.7 Å². The summed E-state index contributed by atoms with van der Waals surface area (Å²) in [7, 11) is 3.25. The number of nitrogens with zero attached hydrogens (tertiary/aromatic N) is 1. The van der Waals surface area contributed by atoms with Crippen molar-refractivity contribution < 1.29 is 13.2 Å². The maximum Gasteiger partial charge on any atom is 0.236 e. The van der Waals surface area contributed by atoms with Gasteiger partial charge in [-0.05, 0) is 11.1 Å². The topological polar surface area (TPSA) is 54.5 Å². The molecule has 1 aliphatic heterocycles. The Morgan fingerprint density at radius 3 is 2.75 bits per heavy atom. The normalized spacial score (nSPS) is 15.4. The molecule has 1 aromatic carbocycles. The molecular formula is C10H10ClNO3S. The number of carbonyl (C=O) groups is 1. The standard InChI is InChI=1S/C10H10ClNO3S/c1-12-9(13)5-7-3-2-4-8(10(7)12)6-16(11,14)15/h2-4H,5-6H2,1H3. The highest BCUT2D eigenvalue weighted by atomic mass is 35.7. The first kappa shape index (κ1) is 11.4. The summed E-state index contributed by atoms with van der Waals surface area (Å²) in [5, 5.41) is 0. The molecule has 1 aromatic rings. The van der Waals surface area contributed by atoms with Crippen LogP contribution < -0.4 is 4.90 Å². The molecule has 0 spiro atoms. The second-order valence-corrected chi connectivity index (χ2v) is 6.51. The summed E-state index contributed by atoms with van der Waals surface area (Å²) in [5.41, 5.74) is 2.10. The van der Waals surface area contributed by atoms with E-state index in [2.05, 4.69) is 0 Å². The van der Waals surface area contributed by atoms with Gasteiger partial charge in [0.15, 0.2) is 0 Å². The van der Waals surface area contributed by atoms with Gasteiger partial charge >= 0.3 is 0 Å². The van der Waals surface area contributed by atoms with Crippen LogP contribution >= 0.6 is 10.7 Å². The number of fused-ring (bicyclic) bond motifs is 1. The number of rotatable bonds is 2. The number of halogens is 1. The molecule has 1 aliphatic rings. The van der Waals surface area contributed by atoms with Crippen molar-refractivity contribution in [1.82, 2.24) is 0 Å². The molecule has 0 aromatic heterocycles. The second kappa shape index (κ2) is 3.75. The third-order valence-corrected chi connectivity index (χ3v) is 3.57. The van der Waals surface area contributed by atoms with Crippen LogP contribution in [-0.2, 0) is 26.0 Å². The van der Waals surface area contributed by atoms with Crippen LogP contribution in [0, 0.1) is 0 Å². The smallest absolute Gasteiger partial charge is 0.236 e. The Hall–Kier alpha value is -1.07. The van der Waals surface area contributed by atoms with E-state index in [4.69, 9.17) is 10.7 Å². The minimum absolute atomic E-state index is 0.0329. The quantitative estimate of drug-likeness (QED) is 0.752. The molecule has 0 aliphatic carbocycles. The van der Waals surface area contributed by atoms with Crippen LogP contribution in [0.5, 0.6) is 0 Å². The largest absolute Gasteiger partial charge is 0.315 e. The highest BCUT2D eigenvalue weighted by molar-refractivity contribution is 8.13. The Morgan fingerprint density at radius 1 is 1.44 bits per heavy atom. The highest BCUT2D eigenvalue weighted by Crippen LogP contribution is 2.32. The Morgan fingerprint density at radius 2 is 2.12 bits per heavy atom. The SMILES string of the molecule is CN1C(=O)Cc2cccc(CS(=O)(=O)Cl)c21. The fourth-order valence-corrected chi connectivity index (χ4v) is 2.88. The third-order valence-electron chi connectivity index (χ3n) is 2.58. The van der Waals surface area contributed by atoms with Crippen LogP contribution in [0.15, 0.2) is 18.2 Å². The van der Waals surface area contributed by atoms with Crippen molar-refractivity contribution in [2.45, 2.75) is 12.2 Å². The van der Waals surface area contributed by atoms with Crippen molar-refractivity contribution >= 4 is 31.3 Å². The minimum atomic E-state index is -3.61. The molecule has 6 heteroatoms. The van der Waals surface area contributed by atoms with E-state index < -0.39 is 9.05 Å². The molecule has 1 heterocycles. The zero-order valence-corrected chi connectivity index (χ0v) is 10.2. The lowest BCUT2D eigenvalue weighted by atomic mass is 10.1. The number of anilines is 1. The zero-order chi connectivity index (χ0) is 11.9. The first-order valence-electron chi connectivity index (χ1n) is 4.68. The fourth-order valence-electron chi connectivity index (χ4n) is 1.93. The predicted molar refractivity (Wildman–Crippen MR) is 62.0 cm³/mol. The number of para-hydroxylation sites is 1. The molecule has 2 rings (SSSR count). The number of benzene rings is 1. The average Bonchev–Trinajstić information content (AvgIpc) is 2.41. The van der Waals surface area contributed by atoms with Crippen molar-refractivity contribution in [2.24, 2.45) is 0 Å². The lowest BCUT2D eigenvalue weighted by molar-refractivity contribution is -0.117. The van der Waals surface area contributed by atoms with Gasteiger partial charge in [-0.2, -0.15) is 0 Å². The van der Waals surface area contributed by atoms with E-state index in [1.165, 1.54) is 4.90 Å². The number of likely N-dealkylation sites (N-methyl/N-ethyl adjacent to an activating group) is 1. The molecule has 0 N–H and O–H groups in total. The van der Waals surface area contributed by atoms with Gasteiger partial charge in [0.05, 0.1) is 17.9 Å². The van der Waals surface area contributed by atoms with Crippen molar-refractivity contribution in [3.8, 4) is 0 Å². The molecule has 1 amide bonds. The maximum atomic E-state index is 11.5. The van der Waals surface area contributed by atoms with Gasteiger partial charge < -0.3 is 4.90 Å². The Balaban J connectivity index is 2.51. The van der Waals surface area contributed by atoms with Gasteiger partial charge in [-0.25, -0.2) is 8.42 Å². The van der Waals surface area contributed by atoms with Gasteiger partial charge in [0.25, 0.3) is 0 Å². The molecule has 0 atom stereocenters. The Labute approximate surface area is 98.2 Å². The maximum absolute atomic E-state index is 11.5. The first-order chi connectivity index (χ1) is 7.38. The van der Waals surface area contributed by atoms with Gasteiger partial charge in [0.2, 0.25) is 15.0 Å². The van der Waals surface area contributed by atoms with E-state index >= 15 is 0 Å². The molecule has 0 bridgehead atoms. The van der Waals surface area contributed by atoms with E-state index in [1.807, 2.05) is 6.07 Å². The number of amides is 1. The first-order valence-corrected chi connectivity index (χ1v) is 7.16. The summed E-state index contributed by atoms with van der Waals surface area (Å²) >= 11 is 0. The lowest BCUT2D eigenvalue weighted by Gasteiger charge is -2.14. The fraction of sp³-hybridized carbons (Fsp3) is 0.300. The molecule has 0 saturated heterocycles. The van der Waals surface area contributed by atoms with Crippen LogP contribution in [0.2, 0.25) is 0 Å². The average molecular weight is 260 g/mol. The summed E-state index contributed by atoms with van der Waals surface area (Å²) in [6.07, 6.45) is 0.321. The van der Waals surface area contributed by atoms with Crippen molar-refractivity contribution in [3.63, 3.8) is 0 Å². The molecule has 16 heavy (non-hydrogen) atoms. The molecule has 86 valence electrons. The van der Waals surface area contributed by atoms with Crippen LogP contribution in [-0.4, -0.2) is 21.4 Å². The van der Waals surface area contributed by atoms with Crippen LogP contribution in [0.4, 0.5) is 5.69 Å². The third kappa shape index (κ3) is 2.05.